The minimum absolute atomic E-state index is 0.226. The highest BCUT2D eigenvalue weighted by Crippen LogP contribution is 2.30. The average Bonchev–Trinajstić information content (AvgIpc) is 3.13. The maximum absolute atomic E-state index is 11.9. The number of hydrogen-bond acceptors (Lipinski definition) is 3. The lowest BCUT2D eigenvalue weighted by Crippen LogP contribution is -2.11. The summed E-state index contributed by atoms with van der Waals surface area (Å²) in [7, 11) is 0. The van der Waals surface area contributed by atoms with Crippen molar-refractivity contribution in [1.82, 2.24) is 14.5 Å². The number of H-pyrrole nitrogens is 1. The molecule has 6 heteroatoms. The van der Waals surface area contributed by atoms with Crippen LogP contribution in [-0.4, -0.2) is 14.5 Å². The first-order chi connectivity index (χ1) is 8.72. The van der Waals surface area contributed by atoms with Crippen molar-refractivity contribution in [3.63, 3.8) is 0 Å². The molecule has 0 aromatic carbocycles. The molecule has 1 aliphatic carbocycles. The fourth-order valence-corrected chi connectivity index (χ4v) is 2.52. The Morgan fingerprint density at radius 2 is 2.39 bits per heavy atom. The van der Waals surface area contributed by atoms with E-state index >= 15 is 0 Å². The van der Waals surface area contributed by atoms with Crippen LogP contribution in [0.1, 0.15) is 18.4 Å². The van der Waals surface area contributed by atoms with Gasteiger partial charge in [0.25, 0.3) is 5.56 Å². The molecule has 0 bridgehead atoms. The highest BCUT2D eigenvalue weighted by atomic mass is 79.9. The van der Waals surface area contributed by atoms with Crippen LogP contribution < -0.4 is 5.56 Å². The molecule has 5 nitrogen and oxygen atoms in total. The molecule has 0 amide bonds. The van der Waals surface area contributed by atoms with E-state index in [2.05, 4.69) is 38.0 Å². The van der Waals surface area contributed by atoms with Crippen LogP contribution in [0.25, 0.3) is 11.0 Å². The molecule has 0 unspecified atom stereocenters. The molecule has 0 atom stereocenters. The van der Waals surface area contributed by atoms with Crippen molar-refractivity contribution >= 4 is 27.0 Å². The second kappa shape index (κ2) is 4.10. The van der Waals surface area contributed by atoms with E-state index in [9.17, 15) is 4.79 Å². The number of aromatic amines is 1. The van der Waals surface area contributed by atoms with E-state index in [-0.39, 0.29) is 5.56 Å². The van der Waals surface area contributed by atoms with Gasteiger partial charge < -0.3 is 9.55 Å². The number of nitrogens with zero attached hydrogens (tertiary/aromatic N) is 3. The zero-order chi connectivity index (χ0) is 12.7. The van der Waals surface area contributed by atoms with E-state index in [0.29, 0.717) is 27.7 Å². The second-order valence-electron chi connectivity index (χ2n) is 4.18. The molecule has 2 heterocycles. The van der Waals surface area contributed by atoms with Crippen LogP contribution in [0, 0.1) is 11.3 Å². The summed E-state index contributed by atoms with van der Waals surface area (Å²) in [5, 5.41) is 9.15. The lowest BCUT2D eigenvalue weighted by molar-refractivity contribution is 0.831. The molecule has 0 spiro atoms. The van der Waals surface area contributed by atoms with Gasteiger partial charge in [-0.2, -0.15) is 5.26 Å². The molecule has 18 heavy (non-hydrogen) atoms. The van der Waals surface area contributed by atoms with E-state index in [0.717, 1.165) is 12.8 Å². The molecular formula is C12H9BrN4O. The van der Waals surface area contributed by atoms with Gasteiger partial charge in [-0.3, -0.25) is 4.79 Å². The highest BCUT2D eigenvalue weighted by molar-refractivity contribution is 9.10. The lowest BCUT2D eigenvalue weighted by atomic mass is 10.3. The first kappa shape index (κ1) is 11.2. The Hall–Kier alpha value is -1.87. The molecule has 1 aliphatic rings. The van der Waals surface area contributed by atoms with E-state index in [1.165, 1.54) is 11.9 Å². The molecule has 0 saturated heterocycles. The van der Waals surface area contributed by atoms with Gasteiger partial charge in [-0.05, 0) is 28.8 Å². The monoisotopic (exact) mass is 304 g/mol. The quantitative estimate of drug-likeness (QED) is 0.863. The summed E-state index contributed by atoms with van der Waals surface area (Å²) in [6, 6.07) is 2.09. The second-order valence-corrected chi connectivity index (χ2v) is 4.93. The van der Waals surface area contributed by atoms with E-state index in [1.807, 2.05) is 0 Å². The average molecular weight is 305 g/mol. The molecule has 2 aromatic heterocycles. The summed E-state index contributed by atoms with van der Waals surface area (Å²) in [4.78, 5) is 18.5. The minimum atomic E-state index is -0.226. The van der Waals surface area contributed by atoms with Crippen LogP contribution in [-0.2, 0) is 6.54 Å². The van der Waals surface area contributed by atoms with Crippen LogP contribution in [0.4, 0.5) is 0 Å². The summed E-state index contributed by atoms with van der Waals surface area (Å²) in [6.45, 7) is 0.586. The van der Waals surface area contributed by atoms with E-state index < -0.39 is 0 Å². The van der Waals surface area contributed by atoms with Gasteiger partial charge in [0.15, 0.2) is 0 Å². The van der Waals surface area contributed by atoms with Crippen LogP contribution in [0.3, 0.4) is 0 Å². The topological polar surface area (TPSA) is 74.5 Å². The smallest absolute Gasteiger partial charge is 0.275 e. The zero-order valence-corrected chi connectivity index (χ0v) is 11.0. The maximum Gasteiger partial charge on any atom is 0.275 e. The zero-order valence-electron chi connectivity index (χ0n) is 9.40. The molecule has 0 aliphatic heterocycles. The number of aromatic nitrogens is 3. The number of rotatable bonds is 2. The molecule has 2 aromatic rings. The third-order valence-electron chi connectivity index (χ3n) is 2.99. The summed E-state index contributed by atoms with van der Waals surface area (Å²) < 4.78 is 2.40. The van der Waals surface area contributed by atoms with Gasteiger partial charge in [-0.1, -0.05) is 11.6 Å². The van der Waals surface area contributed by atoms with E-state index in [4.69, 9.17) is 5.26 Å². The van der Waals surface area contributed by atoms with Crippen LogP contribution >= 0.6 is 15.9 Å². The van der Waals surface area contributed by atoms with Gasteiger partial charge in [0.1, 0.15) is 27.3 Å². The van der Waals surface area contributed by atoms with Crippen molar-refractivity contribution in [1.29, 1.82) is 5.26 Å². The number of fused-ring (bicyclic) bond motifs is 1. The predicted molar refractivity (Wildman–Crippen MR) is 70.1 cm³/mol. The van der Waals surface area contributed by atoms with Crippen LogP contribution in [0.5, 0.6) is 0 Å². The normalized spacial score (nSPS) is 13.7. The summed E-state index contributed by atoms with van der Waals surface area (Å²) in [6.07, 6.45) is 5.69. The van der Waals surface area contributed by atoms with Gasteiger partial charge in [-0.25, -0.2) is 4.98 Å². The van der Waals surface area contributed by atoms with Crippen molar-refractivity contribution in [2.75, 3.05) is 0 Å². The molecule has 3 rings (SSSR count). The summed E-state index contributed by atoms with van der Waals surface area (Å²) in [5.41, 5.74) is 2.46. The van der Waals surface area contributed by atoms with Crippen molar-refractivity contribution in [2.24, 2.45) is 0 Å². The molecule has 1 fully saturated rings. The highest BCUT2D eigenvalue weighted by Gasteiger charge is 2.19. The molecule has 0 radical (unpaired) electrons. The van der Waals surface area contributed by atoms with Crippen molar-refractivity contribution in [3.8, 4) is 6.07 Å². The largest absolute Gasteiger partial charge is 0.324 e. The summed E-state index contributed by atoms with van der Waals surface area (Å²) >= 11 is 3.38. The molecular weight excluding hydrogens is 296 g/mol. The van der Waals surface area contributed by atoms with Gasteiger partial charge in [-0.15, -0.1) is 0 Å². The lowest BCUT2D eigenvalue weighted by Gasteiger charge is -2.01. The Labute approximate surface area is 111 Å². The maximum atomic E-state index is 11.9. The Bertz CT molecular complexity index is 757. The molecule has 1 N–H and O–H groups in total. The van der Waals surface area contributed by atoms with Crippen LogP contribution in [0.15, 0.2) is 27.4 Å². The fourth-order valence-electron chi connectivity index (χ4n) is 1.92. The van der Waals surface area contributed by atoms with Gasteiger partial charge in [0, 0.05) is 6.54 Å². The van der Waals surface area contributed by atoms with Crippen molar-refractivity contribution in [3.05, 3.63) is 38.5 Å². The van der Waals surface area contributed by atoms with Gasteiger partial charge in [0.2, 0.25) is 0 Å². The van der Waals surface area contributed by atoms with Crippen molar-refractivity contribution in [2.45, 2.75) is 19.4 Å². The van der Waals surface area contributed by atoms with Crippen molar-refractivity contribution < 1.29 is 0 Å². The Morgan fingerprint density at radius 1 is 1.61 bits per heavy atom. The first-order valence-electron chi connectivity index (χ1n) is 5.55. The van der Waals surface area contributed by atoms with Crippen LogP contribution in [0.2, 0.25) is 0 Å². The number of hydrogen-bond donors (Lipinski definition) is 1. The number of allylic oxidation sites excluding steroid dienone is 2. The standard InChI is InChI=1S/C12H9BrN4O/c13-11-8(5-14)9-10(12(18)16-6-15-9)17(11)4-3-7-1-2-7/h3,6H,1-2,4H2,(H,15,16,18). The first-order valence-corrected chi connectivity index (χ1v) is 6.35. The Morgan fingerprint density at radius 3 is 3.06 bits per heavy atom. The van der Waals surface area contributed by atoms with E-state index in [1.54, 1.807) is 4.57 Å². The molecule has 1 saturated carbocycles. The Balaban J connectivity index is 2.28. The Kier molecular flexibility index (Phi) is 2.56. The SMILES string of the molecule is N#Cc1c(Br)n(CC=C2CC2)c2c(=O)[nH]cnc12. The minimum Gasteiger partial charge on any atom is -0.324 e. The van der Waals surface area contributed by atoms with Gasteiger partial charge in [0.05, 0.1) is 6.33 Å². The fraction of sp³-hybridized carbons (Fsp3) is 0.250. The third kappa shape index (κ3) is 1.68. The predicted octanol–water partition coefficient (Wildman–Crippen LogP) is 2.08. The summed E-state index contributed by atoms with van der Waals surface area (Å²) in [5.74, 6) is 0. The molecule has 90 valence electrons. The number of nitrogens with one attached hydrogen (secondary N) is 1. The van der Waals surface area contributed by atoms with Gasteiger partial charge >= 0.3 is 0 Å². The third-order valence-corrected chi connectivity index (χ3v) is 3.82. The number of nitriles is 1. The number of halogens is 1.